The number of aromatic nitrogens is 3. The molecule has 1 aliphatic rings. The number of hydrogen-bond acceptors (Lipinski definition) is 7. The number of pyridine rings is 1. The first-order chi connectivity index (χ1) is 15.6. The zero-order valence-electron chi connectivity index (χ0n) is 18.5. The van der Waals surface area contributed by atoms with Gasteiger partial charge < -0.3 is 19.9 Å². The standard InChI is InChI=1S/C21H27F3N6O3/c1-14(27-17-12-26-28-20(32)15(17)2)13-33-10-4-19(31)30-8-6-29(7-9-30)18-11-16(3-5-25-18)21(22,23)24/h3,5,11-12,14H,4,6-10,13H2,1-2H3,(H2,27,28,32)/t14-/m0/s1. The summed E-state index contributed by atoms with van der Waals surface area (Å²) in [5, 5.41) is 9.27. The number of piperazine rings is 1. The number of carbonyl (C=O) groups is 1. The minimum atomic E-state index is -4.42. The fourth-order valence-electron chi connectivity index (χ4n) is 3.44. The number of amides is 1. The number of nitrogens with one attached hydrogen (secondary N) is 2. The zero-order chi connectivity index (χ0) is 24.0. The molecule has 0 aromatic carbocycles. The third kappa shape index (κ3) is 6.67. The molecule has 3 heterocycles. The lowest BCUT2D eigenvalue weighted by molar-refractivity contribution is -0.137. The Bertz CT molecular complexity index is 1010. The lowest BCUT2D eigenvalue weighted by atomic mass is 10.2. The van der Waals surface area contributed by atoms with E-state index in [9.17, 15) is 22.8 Å². The molecule has 0 bridgehead atoms. The first-order valence-corrected chi connectivity index (χ1v) is 10.6. The molecular formula is C21H27F3N6O3. The van der Waals surface area contributed by atoms with Gasteiger partial charge >= 0.3 is 6.18 Å². The monoisotopic (exact) mass is 468 g/mol. The summed E-state index contributed by atoms with van der Waals surface area (Å²) in [6, 6.07) is 1.88. The fourth-order valence-corrected chi connectivity index (χ4v) is 3.44. The lowest BCUT2D eigenvalue weighted by Crippen LogP contribution is -2.49. The van der Waals surface area contributed by atoms with Crippen LogP contribution < -0.4 is 15.8 Å². The van der Waals surface area contributed by atoms with Crippen molar-refractivity contribution in [1.82, 2.24) is 20.1 Å². The summed E-state index contributed by atoms with van der Waals surface area (Å²) in [5.41, 5.74) is 0.158. The van der Waals surface area contributed by atoms with E-state index < -0.39 is 11.7 Å². The molecule has 1 atom stereocenters. The summed E-state index contributed by atoms with van der Waals surface area (Å²) < 4.78 is 44.3. The average Bonchev–Trinajstić information content (AvgIpc) is 2.79. The second-order valence-electron chi connectivity index (χ2n) is 7.88. The second kappa shape index (κ2) is 10.6. The molecule has 9 nitrogen and oxygen atoms in total. The maximum atomic E-state index is 12.9. The third-order valence-corrected chi connectivity index (χ3v) is 5.36. The molecule has 1 amide bonds. The Morgan fingerprint density at radius 2 is 2.03 bits per heavy atom. The van der Waals surface area contributed by atoms with Crippen molar-refractivity contribution < 1.29 is 22.7 Å². The number of carbonyl (C=O) groups excluding carboxylic acids is 1. The first-order valence-electron chi connectivity index (χ1n) is 10.6. The number of H-pyrrole nitrogens is 1. The SMILES string of the molecule is Cc1c(N[C@@H](C)COCCC(=O)N2CCN(c3cc(C(F)(F)F)ccn3)CC2)cn[nH]c1=O. The predicted octanol–water partition coefficient (Wildman–Crippen LogP) is 2.05. The van der Waals surface area contributed by atoms with Gasteiger partial charge in [-0.05, 0) is 26.0 Å². The number of aromatic amines is 1. The smallest absolute Gasteiger partial charge is 0.379 e. The van der Waals surface area contributed by atoms with Crippen molar-refractivity contribution in [3.63, 3.8) is 0 Å². The van der Waals surface area contributed by atoms with Gasteiger partial charge in [-0.3, -0.25) is 9.59 Å². The van der Waals surface area contributed by atoms with Crippen LogP contribution in [0, 0.1) is 6.92 Å². The number of nitrogens with zero attached hydrogens (tertiary/aromatic N) is 4. The van der Waals surface area contributed by atoms with Crippen molar-refractivity contribution in [3.8, 4) is 0 Å². The highest BCUT2D eigenvalue weighted by Gasteiger charge is 2.31. The topological polar surface area (TPSA) is 103 Å². The van der Waals surface area contributed by atoms with Gasteiger partial charge in [0, 0.05) is 44.0 Å². The predicted molar refractivity (Wildman–Crippen MR) is 116 cm³/mol. The molecule has 1 saturated heterocycles. The molecule has 0 spiro atoms. The Morgan fingerprint density at radius 3 is 2.73 bits per heavy atom. The molecule has 33 heavy (non-hydrogen) atoms. The molecular weight excluding hydrogens is 441 g/mol. The lowest BCUT2D eigenvalue weighted by Gasteiger charge is -2.35. The largest absolute Gasteiger partial charge is 0.416 e. The summed E-state index contributed by atoms with van der Waals surface area (Å²) in [6.45, 7) is 5.80. The van der Waals surface area contributed by atoms with E-state index in [4.69, 9.17) is 4.74 Å². The van der Waals surface area contributed by atoms with Gasteiger partial charge in [-0.1, -0.05) is 0 Å². The van der Waals surface area contributed by atoms with Crippen LogP contribution >= 0.6 is 0 Å². The first kappa shape index (κ1) is 24.5. The number of anilines is 2. The number of rotatable bonds is 8. The van der Waals surface area contributed by atoms with Crippen LogP contribution in [0.3, 0.4) is 0 Å². The van der Waals surface area contributed by atoms with Crippen molar-refractivity contribution in [1.29, 1.82) is 0 Å². The van der Waals surface area contributed by atoms with Crippen LogP contribution in [0.25, 0.3) is 0 Å². The van der Waals surface area contributed by atoms with E-state index in [0.29, 0.717) is 44.0 Å². The number of alkyl halides is 3. The van der Waals surface area contributed by atoms with Crippen LogP contribution in [0.1, 0.15) is 24.5 Å². The van der Waals surface area contributed by atoms with Crippen LogP contribution in [0.5, 0.6) is 0 Å². The highest BCUT2D eigenvalue weighted by atomic mass is 19.4. The van der Waals surface area contributed by atoms with Gasteiger partial charge in [-0.25, -0.2) is 10.1 Å². The van der Waals surface area contributed by atoms with Crippen LogP contribution in [-0.4, -0.2) is 71.4 Å². The highest BCUT2D eigenvalue weighted by Crippen LogP contribution is 2.30. The zero-order valence-corrected chi connectivity index (χ0v) is 18.5. The molecule has 1 fully saturated rings. The molecule has 180 valence electrons. The maximum absolute atomic E-state index is 12.9. The van der Waals surface area contributed by atoms with Crippen molar-refractivity contribution in [2.45, 2.75) is 32.5 Å². The van der Waals surface area contributed by atoms with E-state index in [0.717, 1.165) is 18.3 Å². The Balaban J connectivity index is 1.38. The highest BCUT2D eigenvalue weighted by molar-refractivity contribution is 5.76. The van der Waals surface area contributed by atoms with E-state index in [1.54, 1.807) is 16.7 Å². The summed E-state index contributed by atoms with van der Waals surface area (Å²) in [5.74, 6) is 0.189. The van der Waals surface area contributed by atoms with Crippen LogP contribution in [0.4, 0.5) is 24.7 Å². The normalized spacial score (nSPS) is 15.4. The molecule has 1 aliphatic heterocycles. The number of halogens is 3. The van der Waals surface area contributed by atoms with E-state index in [1.807, 2.05) is 6.92 Å². The fraction of sp³-hybridized carbons (Fsp3) is 0.524. The van der Waals surface area contributed by atoms with Gasteiger partial charge in [0.1, 0.15) is 5.82 Å². The van der Waals surface area contributed by atoms with Crippen molar-refractivity contribution in [2.75, 3.05) is 49.6 Å². The number of ether oxygens (including phenoxy) is 1. The van der Waals surface area contributed by atoms with Gasteiger partial charge in [0.2, 0.25) is 5.91 Å². The van der Waals surface area contributed by atoms with Crippen molar-refractivity contribution >= 4 is 17.4 Å². The second-order valence-corrected chi connectivity index (χ2v) is 7.88. The van der Waals surface area contributed by atoms with Crippen molar-refractivity contribution in [2.24, 2.45) is 0 Å². The summed E-state index contributed by atoms with van der Waals surface area (Å²) >= 11 is 0. The maximum Gasteiger partial charge on any atom is 0.416 e. The summed E-state index contributed by atoms with van der Waals surface area (Å²) in [7, 11) is 0. The molecule has 2 N–H and O–H groups in total. The summed E-state index contributed by atoms with van der Waals surface area (Å²) in [6.07, 6.45) is -1.53. The average molecular weight is 468 g/mol. The third-order valence-electron chi connectivity index (χ3n) is 5.36. The van der Waals surface area contributed by atoms with Crippen molar-refractivity contribution in [3.05, 3.63) is 46.0 Å². The molecule has 0 unspecified atom stereocenters. The Kier molecular flexibility index (Phi) is 7.90. The molecule has 2 aromatic rings. The summed E-state index contributed by atoms with van der Waals surface area (Å²) in [4.78, 5) is 31.5. The molecule has 0 aliphatic carbocycles. The molecule has 12 heteroatoms. The van der Waals surface area contributed by atoms with Gasteiger partial charge in [0.15, 0.2) is 0 Å². The molecule has 3 rings (SSSR count). The Labute approximate surface area is 188 Å². The molecule has 0 radical (unpaired) electrons. The van der Waals surface area contributed by atoms with E-state index in [2.05, 4.69) is 20.5 Å². The van der Waals surface area contributed by atoms with Crippen LogP contribution in [0.15, 0.2) is 29.3 Å². The Morgan fingerprint density at radius 1 is 1.30 bits per heavy atom. The van der Waals surface area contributed by atoms with Crippen LogP contribution in [0.2, 0.25) is 0 Å². The Hall–Kier alpha value is -3.15. The van der Waals surface area contributed by atoms with E-state index in [1.165, 1.54) is 6.20 Å². The number of hydrogen-bond donors (Lipinski definition) is 2. The molecule has 2 aromatic heterocycles. The minimum Gasteiger partial charge on any atom is -0.379 e. The quantitative estimate of drug-likeness (QED) is 0.572. The van der Waals surface area contributed by atoms with Gasteiger partial charge in [0.25, 0.3) is 5.56 Å². The van der Waals surface area contributed by atoms with Gasteiger partial charge in [-0.2, -0.15) is 18.3 Å². The van der Waals surface area contributed by atoms with E-state index in [-0.39, 0.29) is 36.4 Å². The minimum absolute atomic E-state index is 0.0677. The van der Waals surface area contributed by atoms with Gasteiger partial charge in [0.05, 0.1) is 37.1 Å². The van der Waals surface area contributed by atoms with E-state index >= 15 is 0 Å². The van der Waals surface area contributed by atoms with Crippen LogP contribution in [-0.2, 0) is 15.7 Å². The molecule has 0 saturated carbocycles. The van der Waals surface area contributed by atoms with Gasteiger partial charge in [-0.15, -0.1) is 0 Å².